The molecule has 5 nitrogen and oxygen atoms in total. The van der Waals surface area contributed by atoms with Gasteiger partial charge in [0.2, 0.25) is 0 Å². The summed E-state index contributed by atoms with van der Waals surface area (Å²) in [7, 11) is 0. The zero-order valence-electron chi connectivity index (χ0n) is 15.8. The molecule has 1 atom stereocenters. The summed E-state index contributed by atoms with van der Waals surface area (Å²) < 4.78 is 0. The first-order chi connectivity index (χ1) is 14.2. The maximum atomic E-state index is 13.0. The quantitative estimate of drug-likeness (QED) is 0.596. The first kappa shape index (κ1) is 17.3. The van der Waals surface area contributed by atoms with Gasteiger partial charge in [0, 0.05) is 11.1 Å². The lowest BCUT2D eigenvalue weighted by atomic mass is 9.89. The highest BCUT2D eigenvalue weighted by Crippen LogP contribution is 2.37. The van der Waals surface area contributed by atoms with Gasteiger partial charge in [0.1, 0.15) is 0 Å². The van der Waals surface area contributed by atoms with Crippen LogP contribution in [0.3, 0.4) is 0 Å². The number of benzene rings is 1. The summed E-state index contributed by atoms with van der Waals surface area (Å²) in [5.74, 6) is -0.598. The fourth-order valence-electron chi connectivity index (χ4n) is 4.07. The van der Waals surface area contributed by atoms with Gasteiger partial charge in [0.05, 0.1) is 28.6 Å². The van der Waals surface area contributed by atoms with Gasteiger partial charge in [-0.15, -0.1) is 0 Å². The van der Waals surface area contributed by atoms with Gasteiger partial charge in [-0.3, -0.25) is 14.5 Å². The van der Waals surface area contributed by atoms with Gasteiger partial charge in [-0.2, -0.15) is 10.2 Å². The molecule has 0 fully saturated rings. The van der Waals surface area contributed by atoms with E-state index in [-0.39, 0.29) is 11.8 Å². The fraction of sp³-hybridized carbons (Fsp3) is 0.167. The monoisotopic (exact) mass is 379 g/mol. The number of rotatable bonds is 3. The van der Waals surface area contributed by atoms with Crippen molar-refractivity contribution < 1.29 is 9.59 Å². The third kappa shape index (κ3) is 2.65. The third-order valence-electron chi connectivity index (χ3n) is 5.50. The van der Waals surface area contributed by atoms with Gasteiger partial charge in [0.15, 0.2) is 0 Å². The summed E-state index contributed by atoms with van der Waals surface area (Å²) in [6.45, 7) is 1.83. The number of carbonyl (C=O) groups excluding carboxylic acids is 2. The highest BCUT2D eigenvalue weighted by molar-refractivity contribution is 6.21. The van der Waals surface area contributed by atoms with Crippen LogP contribution in [0.5, 0.6) is 0 Å². The predicted octanol–water partition coefficient (Wildman–Crippen LogP) is 4.06. The van der Waals surface area contributed by atoms with Gasteiger partial charge < -0.3 is 0 Å². The molecule has 0 saturated heterocycles. The standard InChI is InChI=1S/C24H17N3O2/c1-15(27-23(28)17-11-5-6-12-18(17)24(27)29)22-21(16-9-3-2-4-10-16)19-13-7-8-14-20(19)25-26-22/h3,5-7,9-13,15H,8,14H2,1H3. The van der Waals surface area contributed by atoms with Crippen molar-refractivity contribution in [3.05, 3.63) is 93.7 Å². The summed E-state index contributed by atoms with van der Waals surface area (Å²) in [6, 6.07) is 6.35. The maximum absolute atomic E-state index is 13.0. The SMILES string of the molecule is CC(c1nnc2c(c1C1=CC=C=C=C1)C=CCC2)N1C(=O)c2ccccc2C1=O. The fourth-order valence-corrected chi connectivity index (χ4v) is 4.07. The summed E-state index contributed by atoms with van der Waals surface area (Å²) >= 11 is 0. The molecule has 0 bridgehead atoms. The Hall–Kier alpha value is -3.78. The van der Waals surface area contributed by atoms with Crippen molar-refractivity contribution >= 4 is 23.5 Å². The van der Waals surface area contributed by atoms with Gasteiger partial charge in [-0.1, -0.05) is 35.7 Å². The molecule has 1 aromatic carbocycles. The molecule has 2 aromatic rings. The van der Waals surface area contributed by atoms with E-state index in [1.165, 1.54) is 4.90 Å². The van der Waals surface area contributed by atoms with Crippen molar-refractivity contribution in [2.24, 2.45) is 0 Å². The van der Waals surface area contributed by atoms with Crippen molar-refractivity contribution in [1.82, 2.24) is 15.1 Å². The van der Waals surface area contributed by atoms with Crippen LogP contribution in [0.4, 0.5) is 0 Å². The van der Waals surface area contributed by atoms with E-state index in [0.717, 1.165) is 35.2 Å². The van der Waals surface area contributed by atoms with Crippen molar-refractivity contribution in [2.75, 3.05) is 0 Å². The molecule has 5 heteroatoms. The molecule has 5 rings (SSSR count). The van der Waals surface area contributed by atoms with E-state index in [2.05, 4.69) is 33.8 Å². The first-order valence-corrected chi connectivity index (χ1v) is 9.58. The van der Waals surface area contributed by atoms with E-state index in [1.807, 2.05) is 19.1 Å². The summed E-state index contributed by atoms with van der Waals surface area (Å²) in [5, 5.41) is 8.92. The molecule has 2 aliphatic carbocycles. The highest BCUT2D eigenvalue weighted by atomic mass is 16.2. The number of aromatic nitrogens is 2. The number of hydrogen-bond acceptors (Lipinski definition) is 4. The third-order valence-corrected chi connectivity index (χ3v) is 5.50. The number of aryl methyl sites for hydroxylation is 1. The van der Waals surface area contributed by atoms with Crippen molar-refractivity contribution in [2.45, 2.75) is 25.8 Å². The molecule has 1 unspecified atom stereocenters. The Kier molecular flexibility index (Phi) is 3.99. The Morgan fingerprint density at radius 3 is 2.52 bits per heavy atom. The maximum Gasteiger partial charge on any atom is 0.262 e. The molecule has 2 amide bonds. The average molecular weight is 379 g/mol. The van der Waals surface area contributed by atoms with E-state index >= 15 is 0 Å². The summed E-state index contributed by atoms with van der Waals surface area (Å²) in [6.07, 6.45) is 11.5. The lowest BCUT2D eigenvalue weighted by molar-refractivity contribution is 0.0591. The van der Waals surface area contributed by atoms with Crippen LogP contribution in [0.15, 0.2) is 60.0 Å². The summed E-state index contributed by atoms with van der Waals surface area (Å²) in [5.41, 5.74) is 11.1. The van der Waals surface area contributed by atoms with Crippen molar-refractivity contribution in [1.29, 1.82) is 0 Å². The molecule has 0 radical (unpaired) electrons. The largest absolute Gasteiger partial charge is 0.269 e. The lowest BCUT2D eigenvalue weighted by Crippen LogP contribution is -2.34. The Balaban J connectivity index is 1.66. The van der Waals surface area contributed by atoms with Crippen molar-refractivity contribution in [3.63, 3.8) is 0 Å². The minimum Gasteiger partial charge on any atom is -0.269 e. The molecular formula is C24H17N3O2. The normalized spacial score (nSPS) is 17.4. The van der Waals surface area contributed by atoms with Crippen LogP contribution >= 0.6 is 0 Å². The number of nitrogens with zero attached hydrogens (tertiary/aromatic N) is 3. The zero-order chi connectivity index (χ0) is 20.0. The van der Waals surface area contributed by atoms with E-state index in [9.17, 15) is 9.59 Å². The first-order valence-electron chi connectivity index (χ1n) is 9.58. The molecule has 0 spiro atoms. The number of fused-ring (bicyclic) bond motifs is 2. The average Bonchev–Trinajstić information content (AvgIpc) is 3.03. The van der Waals surface area contributed by atoms with Gasteiger partial charge in [-0.25, -0.2) is 0 Å². The Labute approximate surface area is 168 Å². The van der Waals surface area contributed by atoms with Gasteiger partial charge >= 0.3 is 0 Å². The lowest BCUT2D eigenvalue weighted by Gasteiger charge is -2.26. The number of allylic oxidation sites excluding steroid dienone is 5. The smallest absolute Gasteiger partial charge is 0.262 e. The number of amides is 2. The molecule has 1 aliphatic heterocycles. The highest BCUT2D eigenvalue weighted by Gasteiger charge is 2.40. The van der Waals surface area contributed by atoms with Crippen LogP contribution < -0.4 is 0 Å². The minimum atomic E-state index is -0.560. The van der Waals surface area contributed by atoms with Crippen LogP contribution in [-0.4, -0.2) is 26.9 Å². The van der Waals surface area contributed by atoms with Crippen LogP contribution in [0.2, 0.25) is 0 Å². The van der Waals surface area contributed by atoms with E-state index < -0.39 is 6.04 Å². The molecule has 1 aromatic heterocycles. The second kappa shape index (κ2) is 6.68. The number of imide groups is 1. The van der Waals surface area contributed by atoms with Crippen LogP contribution in [0.25, 0.3) is 11.6 Å². The van der Waals surface area contributed by atoms with E-state index in [1.54, 1.807) is 30.3 Å². The predicted molar refractivity (Wildman–Crippen MR) is 109 cm³/mol. The Morgan fingerprint density at radius 2 is 1.83 bits per heavy atom. The minimum absolute atomic E-state index is 0.299. The van der Waals surface area contributed by atoms with Gasteiger partial charge in [-0.05, 0) is 55.7 Å². The van der Waals surface area contributed by atoms with E-state index in [4.69, 9.17) is 0 Å². The van der Waals surface area contributed by atoms with Crippen LogP contribution in [0, 0.1) is 0 Å². The van der Waals surface area contributed by atoms with Crippen molar-refractivity contribution in [3.8, 4) is 0 Å². The molecular weight excluding hydrogens is 362 g/mol. The topological polar surface area (TPSA) is 63.2 Å². The molecule has 140 valence electrons. The molecule has 0 saturated carbocycles. The molecule has 3 aliphatic rings. The number of hydrogen-bond donors (Lipinski definition) is 0. The second-order valence-electron chi connectivity index (χ2n) is 7.19. The van der Waals surface area contributed by atoms with Crippen LogP contribution in [0.1, 0.15) is 62.6 Å². The summed E-state index contributed by atoms with van der Waals surface area (Å²) in [4.78, 5) is 27.3. The second-order valence-corrected chi connectivity index (χ2v) is 7.19. The van der Waals surface area contributed by atoms with Gasteiger partial charge in [0.25, 0.3) is 11.8 Å². The Bertz CT molecular complexity index is 1200. The molecule has 29 heavy (non-hydrogen) atoms. The number of carbonyl (C=O) groups is 2. The Morgan fingerprint density at radius 1 is 1.07 bits per heavy atom. The zero-order valence-corrected chi connectivity index (χ0v) is 15.8. The molecule has 2 heterocycles. The molecule has 0 N–H and O–H groups in total. The van der Waals surface area contributed by atoms with E-state index in [0.29, 0.717) is 16.8 Å². The van der Waals surface area contributed by atoms with Crippen LogP contribution in [-0.2, 0) is 6.42 Å².